The summed E-state index contributed by atoms with van der Waals surface area (Å²) in [6.07, 6.45) is 4.57. The molecule has 2 heteroatoms. The van der Waals surface area contributed by atoms with E-state index in [0.717, 1.165) is 11.4 Å². The maximum Gasteiger partial charge on any atom is 0.0406 e. The lowest BCUT2D eigenvalue weighted by atomic mass is 10.1. The smallest absolute Gasteiger partial charge is 0.0406 e. The normalized spacial score (nSPS) is 10.1. The third-order valence-electron chi connectivity index (χ3n) is 2.04. The van der Waals surface area contributed by atoms with E-state index in [4.69, 9.17) is 11.6 Å². The van der Waals surface area contributed by atoms with Gasteiger partial charge in [0.1, 0.15) is 0 Å². The molecule has 0 aliphatic heterocycles. The maximum atomic E-state index is 5.80. The van der Waals surface area contributed by atoms with Crippen LogP contribution in [0, 0.1) is 0 Å². The first-order valence-electron chi connectivity index (χ1n) is 4.48. The average Bonchev–Trinajstić information content (AvgIpc) is 2.23. The van der Waals surface area contributed by atoms with Gasteiger partial charge in [-0.1, -0.05) is 29.8 Å². The van der Waals surface area contributed by atoms with Gasteiger partial charge in [-0.15, -0.1) is 0 Å². The standard InChI is InChI=1S/C12H10ClN/c13-12-5-3-10(4-6-12)8-11-2-1-7-14-9-11/h1-7,9H,8H2. The molecule has 0 saturated carbocycles. The lowest BCUT2D eigenvalue weighted by Gasteiger charge is -2.00. The number of benzene rings is 1. The SMILES string of the molecule is Clc1ccc(Cc2cccnc2)cc1. The Hall–Kier alpha value is -1.34. The van der Waals surface area contributed by atoms with Crippen molar-refractivity contribution >= 4 is 11.6 Å². The molecule has 0 spiro atoms. The van der Waals surface area contributed by atoms with E-state index >= 15 is 0 Å². The van der Waals surface area contributed by atoms with Gasteiger partial charge in [0.15, 0.2) is 0 Å². The predicted octanol–water partition coefficient (Wildman–Crippen LogP) is 3.33. The van der Waals surface area contributed by atoms with Crippen molar-refractivity contribution in [2.45, 2.75) is 6.42 Å². The highest BCUT2D eigenvalue weighted by Gasteiger charge is 1.95. The second-order valence-electron chi connectivity index (χ2n) is 3.16. The van der Waals surface area contributed by atoms with Gasteiger partial charge >= 0.3 is 0 Å². The van der Waals surface area contributed by atoms with E-state index in [1.807, 2.05) is 36.5 Å². The van der Waals surface area contributed by atoms with Gasteiger partial charge in [-0.2, -0.15) is 0 Å². The quantitative estimate of drug-likeness (QED) is 0.730. The van der Waals surface area contributed by atoms with Crippen LogP contribution in [0.3, 0.4) is 0 Å². The fourth-order valence-electron chi connectivity index (χ4n) is 1.34. The Bertz CT molecular complexity index is 394. The molecule has 0 bridgehead atoms. The Kier molecular flexibility index (Phi) is 2.80. The lowest BCUT2D eigenvalue weighted by Crippen LogP contribution is -1.87. The van der Waals surface area contributed by atoms with Gasteiger partial charge in [-0.25, -0.2) is 0 Å². The van der Waals surface area contributed by atoms with Crippen molar-refractivity contribution in [3.05, 3.63) is 64.9 Å². The maximum absolute atomic E-state index is 5.80. The molecule has 2 rings (SSSR count). The molecule has 1 aromatic carbocycles. The van der Waals surface area contributed by atoms with Crippen LogP contribution in [0.1, 0.15) is 11.1 Å². The van der Waals surface area contributed by atoms with E-state index in [9.17, 15) is 0 Å². The fraction of sp³-hybridized carbons (Fsp3) is 0.0833. The van der Waals surface area contributed by atoms with Crippen LogP contribution in [-0.4, -0.2) is 4.98 Å². The fourth-order valence-corrected chi connectivity index (χ4v) is 1.47. The van der Waals surface area contributed by atoms with Crippen molar-refractivity contribution < 1.29 is 0 Å². The van der Waals surface area contributed by atoms with Gasteiger partial charge in [0.05, 0.1) is 0 Å². The van der Waals surface area contributed by atoms with Crippen LogP contribution < -0.4 is 0 Å². The number of hydrogen-bond donors (Lipinski definition) is 0. The first-order valence-corrected chi connectivity index (χ1v) is 4.86. The van der Waals surface area contributed by atoms with Gasteiger partial charge in [0.2, 0.25) is 0 Å². The van der Waals surface area contributed by atoms with Gasteiger partial charge < -0.3 is 0 Å². The molecule has 0 saturated heterocycles. The van der Waals surface area contributed by atoms with Gasteiger partial charge in [0.25, 0.3) is 0 Å². The van der Waals surface area contributed by atoms with E-state index in [2.05, 4.69) is 11.1 Å². The van der Waals surface area contributed by atoms with E-state index < -0.39 is 0 Å². The highest BCUT2D eigenvalue weighted by atomic mass is 35.5. The van der Waals surface area contributed by atoms with Crippen LogP contribution in [0.15, 0.2) is 48.8 Å². The minimum Gasteiger partial charge on any atom is -0.264 e. The number of hydrogen-bond acceptors (Lipinski definition) is 1. The topological polar surface area (TPSA) is 12.9 Å². The molecule has 0 aliphatic rings. The summed E-state index contributed by atoms with van der Waals surface area (Å²) in [4.78, 5) is 4.07. The zero-order chi connectivity index (χ0) is 9.80. The molecule has 0 N–H and O–H groups in total. The zero-order valence-corrected chi connectivity index (χ0v) is 8.41. The molecule has 1 heterocycles. The molecule has 0 unspecified atom stereocenters. The second-order valence-corrected chi connectivity index (χ2v) is 3.60. The van der Waals surface area contributed by atoms with Crippen LogP contribution >= 0.6 is 11.6 Å². The minimum atomic E-state index is 0.778. The lowest BCUT2D eigenvalue weighted by molar-refractivity contribution is 1.15. The molecule has 0 fully saturated rings. The number of rotatable bonds is 2. The molecular formula is C12H10ClN. The first kappa shape index (κ1) is 9.22. The van der Waals surface area contributed by atoms with Gasteiger partial charge in [0, 0.05) is 17.4 Å². The summed E-state index contributed by atoms with van der Waals surface area (Å²) in [6.45, 7) is 0. The van der Waals surface area contributed by atoms with Crippen molar-refractivity contribution in [3.8, 4) is 0 Å². The van der Waals surface area contributed by atoms with E-state index in [1.54, 1.807) is 6.20 Å². The van der Waals surface area contributed by atoms with Crippen molar-refractivity contribution in [1.29, 1.82) is 0 Å². The van der Waals surface area contributed by atoms with Crippen LogP contribution in [0.2, 0.25) is 5.02 Å². The molecule has 0 atom stereocenters. The largest absolute Gasteiger partial charge is 0.264 e. The molecule has 70 valence electrons. The van der Waals surface area contributed by atoms with Crippen LogP contribution in [0.25, 0.3) is 0 Å². The molecule has 2 aromatic rings. The molecule has 14 heavy (non-hydrogen) atoms. The Balaban J connectivity index is 2.16. The molecule has 1 aromatic heterocycles. The predicted molar refractivity (Wildman–Crippen MR) is 58.5 cm³/mol. The molecule has 0 radical (unpaired) electrons. The Morgan fingerprint density at radius 1 is 1.00 bits per heavy atom. The van der Waals surface area contributed by atoms with Gasteiger partial charge in [-0.05, 0) is 35.7 Å². The van der Waals surface area contributed by atoms with Crippen LogP contribution in [0.4, 0.5) is 0 Å². The third kappa shape index (κ3) is 2.33. The van der Waals surface area contributed by atoms with E-state index in [0.29, 0.717) is 0 Å². The Labute approximate surface area is 88.4 Å². The summed E-state index contributed by atoms with van der Waals surface area (Å²) in [7, 11) is 0. The zero-order valence-electron chi connectivity index (χ0n) is 7.65. The summed E-state index contributed by atoms with van der Waals surface area (Å²) in [5.74, 6) is 0. The van der Waals surface area contributed by atoms with E-state index in [-0.39, 0.29) is 0 Å². The molecule has 0 amide bonds. The summed E-state index contributed by atoms with van der Waals surface area (Å²) < 4.78 is 0. The second kappa shape index (κ2) is 4.25. The highest BCUT2D eigenvalue weighted by molar-refractivity contribution is 6.30. The molecule has 1 nitrogen and oxygen atoms in total. The molecule has 0 aliphatic carbocycles. The summed E-state index contributed by atoms with van der Waals surface area (Å²) >= 11 is 5.80. The summed E-state index contributed by atoms with van der Waals surface area (Å²) in [6, 6.07) is 11.9. The molecular weight excluding hydrogens is 194 g/mol. The van der Waals surface area contributed by atoms with Crippen molar-refractivity contribution in [3.63, 3.8) is 0 Å². The minimum absolute atomic E-state index is 0.778. The summed E-state index contributed by atoms with van der Waals surface area (Å²) in [5, 5.41) is 0.778. The summed E-state index contributed by atoms with van der Waals surface area (Å²) in [5.41, 5.74) is 2.47. The first-order chi connectivity index (χ1) is 6.84. The number of halogens is 1. The van der Waals surface area contributed by atoms with Crippen LogP contribution in [-0.2, 0) is 6.42 Å². The van der Waals surface area contributed by atoms with Crippen molar-refractivity contribution in [2.75, 3.05) is 0 Å². The third-order valence-corrected chi connectivity index (χ3v) is 2.30. The monoisotopic (exact) mass is 203 g/mol. The number of pyridine rings is 1. The average molecular weight is 204 g/mol. The van der Waals surface area contributed by atoms with Gasteiger partial charge in [-0.3, -0.25) is 4.98 Å². The Morgan fingerprint density at radius 3 is 2.43 bits per heavy atom. The number of nitrogens with zero attached hydrogens (tertiary/aromatic N) is 1. The van der Waals surface area contributed by atoms with Crippen molar-refractivity contribution in [2.24, 2.45) is 0 Å². The van der Waals surface area contributed by atoms with E-state index in [1.165, 1.54) is 11.1 Å². The van der Waals surface area contributed by atoms with Crippen molar-refractivity contribution in [1.82, 2.24) is 4.98 Å². The Morgan fingerprint density at radius 2 is 1.79 bits per heavy atom. The number of aromatic nitrogens is 1. The van der Waals surface area contributed by atoms with Crippen LogP contribution in [0.5, 0.6) is 0 Å². The highest BCUT2D eigenvalue weighted by Crippen LogP contribution is 2.12.